The lowest BCUT2D eigenvalue weighted by Gasteiger charge is -2.11. The van der Waals surface area contributed by atoms with Gasteiger partial charge in [0.2, 0.25) is 11.6 Å². The second-order valence-corrected chi connectivity index (χ2v) is 5.55. The van der Waals surface area contributed by atoms with Crippen molar-refractivity contribution in [3.05, 3.63) is 47.5 Å². The normalized spacial score (nSPS) is 24.6. The Labute approximate surface area is 116 Å². The van der Waals surface area contributed by atoms with Crippen molar-refractivity contribution >= 4 is 5.78 Å². The van der Waals surface area contributed by atoms with Crippen molar-refractivity contribution < 1.29 is 9.90 Å². The minimum absolute atomic E-state index is 0.0194. The highest BCUT2D eigenvalue weighted by Gasteiger charge is 2.38. The number of carbonyl (C=O) groups excluding carboxylic acids is 1. The monoisotopic (exact) mass is 269 g/mol. The average molecular weight is 269 g/mol. The molecule has 1 saturated carbocycles. The lowest BCUT2D eigenvalue weighted by Crippen LogP contribution is -2.10. The Morgan fingerprint density at radius 2 is 2.00 bits per heavy atom. The molecule has 1 fully saturated rings. The van der Waals surface area contributed by atoms with Gasteiger partial charge in [0, 0.05) is 12.3 Å². The van der Waals surface area contributed by atoms with Gasteiger partial charge in [0.15, 0.2) is 5.82 Å². The maximum atomic E-state index is 12.0. The first kappa shape index (κ1) is 11.8. The molecule has 4 rings (SSSR count). The molecule has 20 heavy (non-hydrogen) atoms. The third-order valence-electron chi connectivity index (χ3n) is 4.05. The highest BCUT2D eigenvalue weighted by molar-refractivity contribution is 5.95. The fourth-order valence-corrected chi connectivity index (χ4v) is 2.79. The molecule has 0 bridgehead atoms. The molecule has 2 heterocycles. The zero-order valence-electron chi connectivity index (χ0n) is 10.9. The van der Waals surface area contributed by atoms with Gasteiger partial charge < -0.3 is 5.11 Å². The van der Waals surface area contributed by atoms with E-state index < -0.39 is 6.10 Å². The summed E-state index contributed by atoms with van der Waals surface area (Å²) in [5.41, 5.74) is 1.08. The Morgan fingerprint density at radius 3 is 2.70 bits per heavy atom. The van der Waals surface area contributed by atoms with Crippen molar-refractivity contribution in [1.29, 1.82) is 0 Å². The van der Waals surface area contributed by atoms with Crippen LogP contribution in [0.25, 0.3) is 0 Å². The lowest BCUT2D eigenvalue weighted by atomic mass is 10.0. The number of nitrogens with zero attached hydrogens (tertiary/aromatic N) is 3. The number of hydrogen-bond donors (Lipinski definition) is 1. The Kier molecular flexibility index (Phi) is 2.50. The average Bonchev–Trinajstić information content (AvgIpc) is 3.15. The van der Waals surface area contributed by atoms with Gasteiger partial charge in [0.25, 0.3) is 0 Å². The van der Waals surface area contributed by atoms with Gasteiger partial charge in [0.1, 0.15) is 6.10 Å². The second-order valence-electron chi connectivity index (χ2n) is 5.55. The van der Waals surface area contributed by atoms with Gasteiger partial charge in [-0.25, -0.2) is 9.67 Å². The van der Waals surface area contributed by atoms with Crippen LogP contribution in [0.5, 0.6) is 0 Å². The van der Waals surface area contributed by atoms with Gasteiger partial charge >= 0.3 is 0 Å². The van der Waals surface area contributed by atoms with Crippen LogP contribution < -0.4 is 0 Å². The van der Waals surface area contributed by atoms with E-state index in [1.807, 2.05) is 30.3 Å². The topological polar surface area (TPSA) is 68.0 Å². The number of aliphatic hydroxyl groups is 1. The maximum Gasteiger partial charge on any atom is 0.217 e. The molecule has 5 heteroatoms. The van der Waals surface area contributed by atoms with Gasteiger partial charge in [-0.2, -0.15) is 0 Å². The highest BCUT2D eigenvalue weighted by Crippen LogP contribution is 2.38. The molecule has 2 aliphatic rings. The summed E-state index contributed by atoms with van der Waals surface area (Å²) in [5.74, 6) is 0.904. The van der Waals surface area contributed by atoms with Crippen LogP contribution >= 0.6 is 0 Å². The molecular weight excluding hydrogens is 254 g/mol. The third-order valence-corrected chi connectivity index (χ3v) is 4.05. The van der Waals surface area contributed by atoms with Crippen molar-refractivity contribution in [3.63, 3.8) is 0 Å². The minimum atomic E-state index is -0.645. The Morgan fingerprint density at radius 1 is 1.25 bits per heavy atom. The molecule has 5 nitrogen and oxygen atoms in total. The molecule has 102 valence electrons. The molecule has 1 aliphatic heterocycles. The summed E-state index contributed by atoms with van der Waals surface area (Å²) >= 11 is 0. The molecule has 0 spiro atoms. The SMILES string of the molecule is O=C(c1nc2n(n1)[C@@H](c1ccccc1)C[C@@H]2O)C1CC1. The van der Waals surface area contributed by atoms with E-state index in [0.717, 1.165) is 18.4 Å². The molecule has 2 aromatic rings. The van der Waals surface area contributed by atoms with Crippen LogP contribution in [-0.4, -0.2) is 25.7 Å². The zero-order valence-corrected chi connectivity index (χ0v) is 10.9. The number of Topliss-reactive ketones (excluding diaryl/α,β-unsaturated/α-hetero) is 1. The Hall–Kier alpha value is -2.01. The van der Waals surface area contributed by atoms with Crippen LogP contribution in [-0.2, 0) is 0 Å². The van der Waals surface area contributed by atoms with Gasteiger partial charge in [-0.15, -0.1) is 5.10 Å². The molecule has 0 radical (unpaired) electrons. The molecule has 1 aromatic heterocycles. The second kappa shape index (κ2) is 4.24. The van der Waals surface area contributed by atoms with Crippen molar-refractivity contribution in [2.45, 2.75) is 31.4 Å². The smallest absolute Gasteiger partial charge is 0.217 e. The Balaban J connectivity index is 1.72. The van der Waals surface area contributed by atoms with E-state index >= 15 is 0 Å². The zero-order chi connectivity index (χ0) is 13.7. The van der Waals surface area contributed by atoms with E-state index in [-0.39, 0.29) is 23.6 Å². The number of hydrogen-bond acceptors (Lipinski definition) is 4. The molecule has 1 N–H and O–H groups in total. The van der Waals surface area contributed by atoms with Crippen molar-refractivity contribution in [2.24, 2.45) is 5.92 Å². The molecule has 0 saturated heterocycles. The number of aliphatic hydroxyl groups excluding tert-OH is 1. The maximum absolute atomic E-state index is 12.0. The standard InChI is InChI=1S/C15H15N3O2/c19-12-8-11(9-4-2-1-3-5-9)18-15(12)16-14(17-18)13(20)10-6-7-10/h1-5,10-12,19H,6-8H2/t11-,12+/m1/s1. The first-order chi connectivity index (χ1) is 9.74. The summed E-state index contributed by atoms with van der Waals surface area (Å²) in [6, 6.07) is 9.88. The van der Waals surface area contributed by atoms with Crippen molar-refractivity contribution in [2.75, 3.05) is 0 Å². The van der Waals surface area contributed by atoms with E-state index in [4.69, 9.17) is 0 Å². The first-order valence-electron chi connectivity index (χ1n) is 6.97. The lowest BCUT2D eigenvalue weighted by molar-refractivity contribution is 0.0956. The van der Waals surface area contributed by atoms with E-state index in [1.165, 1.54) is 0 Å². The van der Waals surface area contributed by atoms with Crippen LogP contribution in [0.1, 0.15) is 53.4 Å². The summed E-state index contributed by atoms with van der Waals surface area (Å²) in [5, 5.41) is 14.5. The summed E-state index contributed by atoms with van der Waals surface area (Å²) < 4.78 is 1.72. The van der Waals surface area contributed by atoms with Crippen LogP contribution in [0.15, 0.2) is 30.3 Å². The fraction of sp³-hybridized carbons (Fsp3) is 0.400. The molecule has 1 aromatic carbocycles. The minimum Gasteiger partial charge on any atom is -0.385 e. The van der Waals surface area contributed by atoms with E-state index in [2.05, 4.69) is 10.1 Å². The Bertz CT molecular complexity index is 661. The molecule has 0 amide bonds. The van der Waals surface area contributed by atoms with Crippen molar-refractivity contribution in [3.8, 4) is 0 Å². The number of carbonyl (C=O) groups is 1. The molecule has 0 unspecified atom stereocenters. The first-order valence-corrected chi connectivity index (χ1v) is 6.97. The van der Waals surface area contributed by atoms with E-state index in [1.54, 1.807) is 4.68 Å². The highest BCUT2D eigenvalue weighted by atomic mass is 16.3. The summed E-state index contributed by atoms with van der Waals surface area (Å²) in [7, 11) is 0. The number of ketones is 1. The van der Waals surface area contributed by atoms with Gasteiger partial charge in [0.05, 0.1) is 6.04 Å². The predicted octanol–water partition coefficient (Wildman–Crippen LogP) is 1.90. The van der Waals surface area contributed by atoms with Crippen LogP contribution in [0, 0.1) is 5.92 Å². The van der Waals surface area contributed by atoms with Gasteiger partial charge in [-0.1, -0.05) is 30.3 Å². The molecule has 2 atom stereocenters. The number of benzene rings is 1. The number of fused-ring (bicyclic) bond motifs is 1. The number of aromatic nitrogens is 3. The quantitative estimate of drug-likeness (QED) is 0.864. The third kappa shape index (κ3) is 1.78. The number of rotatable bonds is 3. The fourth-order valence-electron chi connectivity index (χ4n) is 2.79. The molecular formula is C15H15N3O2. The van der Waals surface area contributed by atoms with E-state index in [9.17, 15) is 9.90 Å². The summed E-state index contributed by atoms with van der Waals surface area (Å²) in [6.45, 7) is 0. The van der Waals surface area contributed by atoms with Gasteiger partial charge in [-0.3, -0.25) is 4.79 Å². The largest absolute Gasteiger partial charge is 0.385 e. The van der Waals surface area contributed by atoms with Gasteiger partial charge in [-0.05, 0) is 18.4 Å². The molecule has 1 aliphatic carbocycles. The van der Waals surface area contributed by atoms with Crippen LogP contribution in [0.2, 0.25) is 0 Å². The van der Waals surface area contributed by atoms with Crippen molar-refractivity contribution in [1.82, 2.24) is 14.8 Å². The van der Waals surface area contributed by atoms with Crippen LogP contribution in [0.4, 0.5) is 0 Å². The van der Waals surface area contributed by atoms with E-state index in [0.29, 0.717) is 12.2 Å². The predicted molar refractivity (Wildman–Crippen MR) is 71.2 cm³/mol. The van der Waals surface area contributed by atoms with Crippen LogP contribution in [0.3, 0.4) is 0 Å². The summed E-state index contributed by atoms with van der Waals surface area (Å²) in [6.07, 6.45) is 1.80. The summed E-state index contributed by atoms with van der Waals surface area (Å²) in [4.78, 5) is 16.3.